The quantitative estimate of drug-likeness (QED) is 0.592. The van der Waals surface area contributed by atoms with E-state index in [1.54, 1.807) is 6.20 Å². The first-order valence-corrected chi connectivity index (χ1v) is 7.59. The van der Waals surface area contributed by atoms with Crippen LogP contribution in [0.15, 0.2) is 58.6 Å². The monoisotopic (exact) mass is 282 g/mol. The highest BCUT2D eigenvalue weighted by molar-refractivity contribution is 7.98. The fourth-order valence-corrected chi connectivity index (χ4v) is 2.64. The van der Waals surface area contributed by atoms with E-state index >= 15 is 0 Å². The van der Waals surface area contributed by atoms with Gasteiger partial charge in [0, 0.05) is 18.2 Å². The van der Waals surface area contributed by atoms with E-state index in [1.165, 1.54) is 22.5 Å². The molecule has 1 N–H and O–H groups in total. The molecule has 0 amide bonds. The van der Waals surface area contributed by atoms with Crippen LogP contribution in [0.1, 0.15) is 11.1 Å². The molecule has 4 heteroatoms. The Morgan fingerprint density at radius 2 is 1.90 bits per heavy atom. The minimum atomic E-state index is -0.0581. The lowest BCUT2D eigenvalue weighted by Crippen LogP contribution is -2.14. The zero-order valence-electron chi connectivity index (χ0n) is 11.1. The minimum absolute atomic E-state index is 0.0581. The highest BCUT2D eigenvalue weighted by atomic mass is 32.2. The first kappa shape index (κ1) is 12.9. The van der Waals surface area contributed by atoms with Crippen molar-refractivity contribution < 1.29 is 0 Å². The van der Waals surface area contributed by atoms with Gasteiger partial charge in [0.1, 0.15) is 0 Å². The number of nitrogens with zero attached hydrogens (tertiary/aromatic N) is 1. The summed E-state index contributed by atoms with van der Waals surface area (Å²) >= 11 is 1.43. The highest BCUT2D eigenvalue weighted by Gasteiger charge is 2.06. The number of hydrogen-bond donors (Lipinski definition) is 1. The van der Waals surface area contributed by atoms with Crippen LogP contribution in [0.3, 0.4) is 0 Å². The molecule has 1 heterocycles. The molecule has 3 aromatic rings. The van der Waals surface area contributed by atoms with Crippen LogP contribution in [-0.4, -0.2) is 16.2 Å². The summed E-state index contributed by atoms with van der Waals surface area (Å²) in [6.45, 7) is 0. The second kappa shape index (κ2) is 5.51. The highest BCUT2D eigenvalue weighted by Crippen LogP contribution is 2.20. The van der Waals surface area contributed by atoms with Gasteiger partial charge in [-0.25, -0.2) is 4.98 Å². The summed E-state index contributed by atoms with van der Waals surface area (Å²) in [6, 6.07) is 14.4. The van der Waals surface area contributed by atoms with Gasteiger partial charge in [-0.3, -0.25) is 4.79 Å². The Balaban J connectivity index is 2.03. The Bertz CT molecular complexity index is 805. The van der Waals surface area contributed by atoms with Crippen LogP contribution in [0.2, 0.25) is 0 Å². The van der Waals surface area contributed by atoms with E-state index in [2.05, 4.69) is 34.2 Å². The van der Waals surface area contributed by atoms with Crippen molar-refractivity contribution in [3.05, 3.63) is 70.1 Å². The summed E-state index contributed by atoms with van der Waals surface area (Å²) in [7, 11) is 0. The maximum Gasteiger partial charge on any atom is 0.255 e. The van der Waals surface area contributed by atoms with Gasteiger partial charge in [-0.15, -0.1) is 0 Å². The lowest BCUT2D eigenvalue weighted by molar-refractivity contribution is 0.903. The predicted octanol–water partition coefficient (Wildman–Crippen LogP) is 3.24. The summed E-state index contributed by atoms with van der Waals surface area (Å²) in [5.41, 5.74) is 1.78. The SMILES string of the molecule is CSc1ncc(Cc2cccc3ccccc23)c(=O)[nH]1. The Morgan fingerprint density at radius 3 is 2.70 bits per heavy atom. The average Bonchev–Trinajstić information content (AvgIpc) is 2.49. The van der Waals surface area contributed by atoms with E-state index in [-0.39, 0.29) is 5.56 Å². The normalized spacial score (nSPS) is 10.8. The third-order valence-electron chi connectivity index (χ3n) is 3.30. The number of aromatic nitrogens is 2. The number of benzene rings is 2. The molecular formula is C16H14N2OS. The second-order valence-electron chi connectivity index (χ2n) is 4.56. The lowest BCUT2D eigenvalue weighted by Gasteiger charge is -2.06. The van der Waals surface area contributed by atoms with E-state index < -0.39 is 0 Å². The number of nitrogens with one attached hydrogen (secondary N) is 1. The molecule has 0 spiro atoms. The molecule has 0 bridgehead atoms. The topological polar surface area (TPSA) is 45.8 Å². The van der Waals surface area contributed by atoms with Gasteiger partial charge in [-0.2, -0.15) is 0 Å². The van der Waals surface area contributed by atoms with Crippen molar-refractivity contribution in [3.8, 4) is 0 Å². The fourth-order valence-electron chi connectivity index (χ4n) is 2.29. The van der Waals surface area contributed by atoms with Gasteiger partial charge in [-0.1, -0.05) is 54.2 Å². The van der Waals surface area contributed by atoms with E-state index in [1.807, 2.05) is 24.5 Å². The van der Waals surface area contributed by atoms with E-state index in [0.29, 0.717) is 17.1 Å². The average molecular weight is 282 g/mol. The molecule has 100 valence electrons. The standard InChI is InChI=1S/C16H14N2OS/c1-20-16-17-10-13(15(19)18-16)9-12-7-4-6-11-5-2-3-8-14(11)12/h2-8,10H,9H2,1H3,(H,17,18,19). The largest absolute Gasteiger partial charge is 0.301 e. The molecule has 0 unspecified atom stereocenters. The van der Waals surface area contributed by atoms with Crippen LogP contribution in [0.4, 0.5) is 0 Å². The van der Waals surface area contributed by atoms with Gasteiger partial charge in [0.05, 0.1) is 0 Å². The summed E-state index contributed by atoms with van der Waals surface area (Å²) in [4.78, 5) is 19.1. The Kier molecular flexibility index (Phi) is 3.56. The van der Waals surface area contributed by atoms with E-state index in [9.17, 15) is 4.79 Å². The minimum Gasteiger partial charge on any atom is -0.301 e. The number of aromatic amines is 1. The van der Waals surface area contributed by atoms with Gasteiger partial charge < -0.3 is 4.98 Å². The Labute approximate surface area is 121 Å². The van der Waals surface area contributed by atoms with Crippen molar-refractivity contribution in [1.82, 2.24) is 9.97 Å². The predicted molar refractivity (Wildman–Crippen MR) is 83.4 cm³/mol. The number of fused-ring (bicyclic) bond motifs is 1. The molecule has 0 atom stereocenters. The summed E-state index contributed by atoms with van der Waals surface area (Å²) in [5.74, 6) is 0. The van der Waals surface area contributed by atoms with Crippen LogP contribution >= 0.6 is 11.8 Å². The molecule has 1 aromatic heterocycles. The fraction of sp³-hybridized carbons (Fsp3) is 0.125. The number of hydrogen-bond acceptors (Lipinski definition) is 3. The van der Waals surface area contributed by atoms with Gasteiger partial charge in [0.15, 0.2) is 5.16 Å². The van der Waals surface area contributed by atoms with Crippen molar-refractivity contribution in [3.63, 3.8) is 0 Å². The summed E-state index contributed by atoms with van der Waals surface area (Å²) in [6.07, 6.45) is 4.16. The van der Waals surface area contributed by atoms with Gasteiger partial charge in [0.25, 0.3) is 5.56 Å². The van der Waals surface area contributed by atoms with Crippen molar-refractivity contribution in [2.24, 2.45) is 0 Å². The van der Waals surface area contributed by atoms with Crippen LogP contribution in [0, 0.1) is 0 Å². The number of thioether (sulfide) groups is 1. The van der Waals surface area contributed by atoms with Crippen LogP contribution in [0.5, 0.6) is 0 Å². The molecule has 0 aliphatic carbocycles. The maximum absolute atomic E-state index is 12.0. The zero-order chi connectivity index (χ0) is 13.9. The van der Waals surface area contributed by atoms with Crippen molar-refractivity contribution in [2.75, 3.05) is 6.26 Å². The van der Waals surface area contributed by atoms with E-state index in [4.69, 9.17) is 0 Å². The zero-order valence-corrected chi connectivity index (χ0v) is 11.9. The maximum atomic E-state index is 12.0. The van der Waals surface area contributed by atoms with Crippen LogP contribution < -0.4 is 5.56 Å². The molecule has 3 rings (SSSR count). The molecule has 2 aromatic carbocycles. The first-order chi connectivity index (χ1) is 9.78. The second-order valence-corrected chi connectivity index (χ2v) is 5.36. The van der Waals surface area contributed by atoms with Crippen LogP contribution in [0.25, 0.3) is 10.8 Å². The van der Waals surface area contributed by atoms with Gasteiger partial charge >= 0.3 is 0 Å². The third-order valence-corrected chi connectivity index (χ3v) is 3.90. The number of rotatable bonds is 3. The van der Waals surface area contributed by atoms with Gasteiger partial charge in [-0.05, 0) is 22.6 Å². The molecule has 0 radical (unpaired) electrons. The smallest absolute Gasteiger partial charge is 0.255 e. The van der Waals surface area contributed by atoms with E-state index in [0.717, 1.165) is 5.56 Å². The summed E-state index contributed by atoms with van der Waals surface area (Å²) in [5, 5.41) is 3.02. The third kappa shape index (κ3) is 2.47. The van der Waals surface area contributed by atoms with Gasteiger partial charge in [0.2, 0.25) is 0 Å². The molecule has 0 fully saturated rings. The van der Waals surface area contributed by atoms with Crippen molar-refractivity contribution in [2.45, 2.75) is 11.6 Å². The molecular weight excluding hydrogens is 268 g/mol. The van der Waals surface area contributed by atoms with Crippen LogP contribution in [-0.2, 0) is 6.42 Å². The van der Waals surface area contributed by atoms with Crippen molar-refractivity contribution in [1.29, 1.82) is 0 Å². The lowest BCUT2D eigenvalue weighted by atomic mass is 10.00. The Morgan fingerprint density at radius 1 is 1.10 bits per heavy atom. The Hall–Kier alpha value is -2.07. The molecule has 0 saturated carbocycles. The molecule has 0 aliphatic rings. The van der Waals surface area contributed by atoms with Crippen molar-refractivity contribution >= 4 is 22.5 Å². The number of H-pyrrole nitrogens is 1. The summed E-state index contributed by atoms with van der Waals surface area (Å²) < 4.78 is 0. The molecule has 3 nitrogen and oxygen atoms in total. The molecule has 0 aliphatic heterocycles. The first-order valence-electron chi connectivity index (χ1n) is 6.37. The molecule has 20 heavy (non-hydrogen) atoms. The molecule has 0 saturated heterocycles.